The molecule has 6 aromatic carbocycles. The van der Waals surface area contributed by atoms with Gasteiger partial charge in [0.15, 0.2) is 0 Å². The minimum absolute atomic E-state index is 0.0574. The maximum atomic E-state index is 6.19. The molecule has 0 atom stereocenters. The van der Waals surface area contributed by atoms with Crippen LogP contribution in [0, 0.1) is 0 Å². The molecule has 1 aliphatic heterocycles. The van der Waals surface area contributed by atoms with Crippen molar-refractivity contribution in [2.75, 3.05) is 0 Å². The Morgan fingerprint density at radius 1 is 0.561 bits per heavy atom. The van der Waals surface area contributed by atoms with Crippen LogP contribution in [-0.2, 0) is 5.41 Å². The normalized spacial score (nSPS) is 13.9. The highest BCUT2D eigenvalue weighted by atomic mass is 35.5. The summed E-state index contributed by atoms with van der Waals surface area (Å²) in [6.45, 7) is 4.75. The standard InChI is InChI=1S/C39H26ClN/c1-39(2)31-13-6-12-29-28-10-3-4-14-33(28)41-34-15-7-11-27(35(34)30-20-21-32(39)37(36(29)31)38(30)41)25-9-5-8-24(22-25)23-16-18-26(40)19-17-23/h3-22H,1-2H3. The molecule has 2 aliphatic rings. The van der Waals surface area contributed by atoms with Crippen molar-refractivity contribution in [3.8, 4) is 50.2 Å². The molecule has 2 heteroatoms. The summed E-state index contributed by atoms with van der Waals surface area (Å²) in [5.41, 5.74) is 16.8. The number of rotatable bonds is 2. The molecule has 0 unspecified atom stereocenters. The van der Waals surface area contributed by atoms with Gasteiger partial charge in [-0.15, -0.1) is 0 Å². The molecule has 7 aromatic rings. The third-order valence-corrected chi connectivity index (χ3v) is 9.65. The lowest BCUT2D eigenvalue weighted by Gasteiger charge is -2.22. The molecule has 1 aromatic heterocycles. The predicted octanol–water partition coefficient (Wildman–Crippen LogP) is 11.1. The van der Waals surface area contributed by atoms with Crippen molar-refractivity contribution in [1.82, 2.24) is 4.57 Å². The molecule has 0 radical (unpaired) electrons. The lowest BCUT2D eigenvalue weighted by molar-refractivity contribution is 0.661. The van der Waals surface area contributed by atoms with E-state index in [1.54, 1.807) is 0 Å². The molecule has 0 spiro atoms. The third kappa shape index (κ3) is 2.97. The van der Waals surface area contributed by atoms with Crippen molar-refractivity contribution < 1.29 is 0 Å². The van der Waals surface area contributed by atoms with E-state index in [-0.39, 0.29) is 5.41 Å². The Morgan fingerprint density at radius 3 is 2.15 bits per heavy atom. The molecular weight excluding hydrogens is 518 g/mol. The second-order valence-electron chi connectivity index (χ2n) is 11.9. The summed E-state index contributed by atoms with van der Waals surface area (Å²) in [5, 5.41) is 3.37. The Labute approximate surface area is 244 Å². The zero-order valence-electron chi connectivity index (χ0n) is 22.9. The number of hydrogen-bond donors (Lipinski definition) is 0. The first-order valence-corrected chi connectivity index (χ1v) is 14.6. The van der Waals surface area contributed by atoms with Gasteiger partial charge in [-0.25, -0.2) is 0 Å². The van der Waals surface area contributed by atoms with Crippen LogP contribution in [0.15, 0.2) is 121 Å². The zero-order chi connectivity index (χ0) is 27.5. The molecule has 1 nitrogen and oxygen atoms in total. The molecule has 194 valence electrons. The van der Waals surface area contributed by atoms with Crippen molar-refractivity contribution >= 4 is 33.4 Å². The first-order chi connectivity index (χ1) is 20.0. The van der Waals surface area contributed by atoms with Crippen molar-refractivity contribution in [2.24, 2.45) is 0 Å². The summed E-state index contributed by atoms with van der Waals surface area (Å²) in [6, 6.07) is 44.4. The van der Waals surface area contributed by atoms with Crippen molar-refractivity contribution in [3.05, 3.63) is 137 Å². The number of aromatic nitrogens is 1. The Kier molecular flexibility index (Phi) is 4.51. The number of nitrogens with zero attached hydrogens (tertiary/aromatic N) is 1. The molecular formula is C39H26ClN. The van der Waals surface area contributed by atoms with Crippen LogP contribution in [0.1, 0.15) is 25.0 Å². The van der Waals surface area contributed by atoms with Crippen LogP contribution >= 0.6 is 11.6 Å². The van der Waals surface area contributed by atoms with E-state index in [4.69, 9.17) is 11.6 Å². The maximum absolute atomic E-state index is 6.19. The van der Waals surface area contributed by atoms with Gasteiger partial charge in [0.2, 0.25) is 0 Å². The second kappa shape index (κ2) is 8.00. The third-order valence-electron chi connectivity index (χ3n) is 9.40. The van der Waals surface area contributed by atoms with Crippen molar-refractivity contribution in [1.29, 1.82) is 0 Å². The van der Waals surface area contributed by atoms with Crippen LogP contribution in [0.25, 0.3) is 72.0 Å². The van der Waals surface area contributed by atoms with Crippen molar-refractivity contribution in [2.45, 2.75) is 19.3 Å². The number of halogens is 1. The van der Waals surface area contributed by atoms with Gasteiger partial charge >= 0.3 is 0 Å². The van der Waals surface area contributed by atoms with E-state index in [0.717, 1.165) is 5.02 Å². The van der Waals surface area contributed by atoms with E-state index in [1.807, 2.05) is 12.1 Å². The fraction of sp³-hybridized carbons (Fsp3) is 0.0769. The lowest BCUT2D eigenvalue weighted by atomic mass is 9.81. The van der Waals surface area contributed by atoms with Gasteiger partial charge in [0.05, 0.1) is 16.7 Å². The van der Waals surface area contributed by atoms with Gasteiger partial charge < -0.3 is 4.57 Å². The van der Waals surface area contributed by atoms with Gasteiger partial charge in [-0.05, 0) is 74.8 Å². The summed E-state index contributed by atoms with van der Waals surface area (Å²) >= 11 is 6.19. The molecule has 9 rings (SSSR count). The minimum atomic E-state index is -0.0574. The topological polar surface area (TPSA) is 4.93 Å². The van der Waals surface area contributed by atoms with E-state index in [1.165, 1.54) is 83.1 Å². The van der Waals surface area contributed by atoms with Crippen LogP contribution in [0.3, 0.4) is 0 Å². The monoisotopic (exact) mass is 543 g/mol. The summed E-state index contributed by atoms with van der Waals surface area (Å²) in [4.78, 5) is 0. The van der Waals surface area contributed by atoms with Gasteiger partial charge in [-0.3, -0.25) is 0 Å². The van der Waals surface area contributed by atoms with Crippen LogP contribution < -0.4 is 0 Å². The highest BCUT2D eigenvalue weighted by molar-refractivity contribution is 6.30. The van der Waals surface area contributed by atoms with Gasteiger partial charge in [0, 0.05) is 32.3 Å². The van der Waals surface area contributed by atoms with Crippen LogP contribution in [0.2, 0.25) is 5.02 Å². The summed E-state index contributed by atoms with van der Waals surface area (Å²) in [5.74, 6) is 0. The quantitative estimate of drug-likeness (QED) is 0.204. The highest BCUT2D eigenvalue weighted by Crippen LogP contribution is 2.58. The zero-order valence-corrected chi connectivity index (χ0v) is 23.6. The first-order valence-electron chi connectivity index (χ1n) is 14.2. The Balaban J connectivity index is 1.42. The van der Waals surface area contributed by atoms with E-state index >= 15 is 0 Å². The van der Waals surface area contributed by atoms with Crippen LogP contribution in [0.4, 0.5) is 0 Å². The average Bonchev–Trinajstić information content (AvgIpc) is 3.41. The number of fused-ring (bicyclic) bond motifs is 6. The molecule has 0 amide bonds. The SMILES string of the molecule is CC1(C)c2cccc3c2-c2c1ccc1c4c(-c5cccc(-c6ccc(Cl)cc6)c5)cccc4n(c21)-c1ccccc1-3. The number of para-hydroxylation sites is 1. The van der Waals surface area contributed by atoms with Gasteiger partial charge in [0.25, 0.3) is 0 Å². The fourth-order valence-corrected chi connectivity index (χ4v) is 7.66. The summed E-state index contributed by atoms with van der Waals surface area (Å²) in [7, 11) is 0. The molecule has 0 saturated heterocycles. The molecule has 0 N–H and O–H groups in total. The molecule has 0 bridgehead atoms. The second-order valence-corrected chi connectivity index (χ2v) is 12.3. The molecule has 0 saturated carbocycles. The fourth-order valence-electron chi connectivity index (χ4n) is 7.54. The number of benzene rings is 6. The summed E-state index contributed by atoms with van der Waals surface area (Å²) < 4.78 is 2.54. The predicted molar refractivity (Wildman–Crippen MR) is 173 cm³/mol. The van der Waals surface area contributed by atoms with Gasteiger partial charge in [-0.1, -0.05) is 116 Å². The van der Waals surface area contributed by atoms with E-state index < -0.39 is 0 Å². The smallest absolute Gasteiger partial charge is 0.0623 e. The van der Waals surface area contributed by atoms with Crippen LogP contribution in [0.5, 0.6) is 0 Å². The Hall–Kier alpha value is -4.59. The Morgan fingerprint density at radius 2 is 1.27 bits per heavy atom. The molecule has 2 heterocycles. The van der Waals surface area contributed by atoms with E-state index in [9.17, 15) is 0 Å². The molecule has 41 heavy (non-hydrogen) atoms. The maximum Gasteiger partial charge on any atom is 0.0623 e. The minimum Gasteiger partial charge on any atom is -0.308 e. The average molecular weight is 544 g/mol. The van der Waals surface area contributed by atoms with Crippen LogP contribution in [-0.4, -0.2) is 4.57 Å². The van der Waals surface area contributed by atoms with Gasteiger partial charge in [0.1, 0.15) is 0 Å². The highest BCUT2D eigenvalue weighted by Gasteiger charge is 2.40. The van der Waals surface area contributed by atoms with Crippen molar-refractivity contribution in [3.63, 3.8) is 0 Å². The first kappa shape index (κ1) is 23.1. The Bertz CT molecular complexity index is 2230. The largest absolute Gasteiger partial charge is 0.308 e. The molecule has 0 fully saturated rings. The van der Waals surface area contributed by atoms with E-state index in [2.05, 4.69) is 128 Å². The number of hydrogen-bond acceptors (Lipinski definition) is 0. The molecule has 1 aliphatic carbocycles. The summed E-state index contributed by atoms with van der Waals surface area (Å²) in [6.07, 6.45) is 0. The lowest BCUT2D eigenvalue weighted by Crippen LogP contribution is -2.15. The van der Waals surface area contributed by atoms with Gasteiger partial charge in [-0.2, -0.15) is 0 Å². The van der Waals surface area contributed by atoms with E-state index in [0.29, 0.717) is 0 Å².